The fourth-order valence-electron chi connectivity index (χ4n) is 1.10. The van der Waals surface area contributed by atoms with E-state index in [0.29, 0.717) is 18.4 Å². The zero-order valence-corrected chi connectivity index (χ0v) is 10.7. The van der Waals surface area contributed by atoms with E-state index in [1.54, 1.807) is 13.2 Å². The molecule has 0 bridgehead atoms. The number of nitrogens with zero attached hydrogens (tertiary/aromatic N) is 2. The normalized spacial score (nSPS) is 11.3. The van der Waals surface area contributed by atoms with Crippen molar-refractivity contribution in [3.63, 3.8) is 0 Å². The first-order chi connectivity index (χ1) is 7.96. The number of anilines is 1. The molecule has 0 aliphatic rings. The standard InChI is InChI=1S/C11H19N3O3/c1-11(2,16-4)5-6-17-9-7-8(15-3)13-10(12)14-9/h7H,5-6H2,1-4H3,(H2,12,13,14). The average Bonchev–Trinajstić information content (AvgIpc) is 2.28. The van der Waals surface area contributed by atoms with Gasteiger partial charge >= 0.3 is 0 Å². The van der Waals surface area contributed by atoms with E-state index in [-0.39, 0.29) is 11.5 Å². The molecule has 17 heavy (non-hydrogen) atoms. The van der Waals surface area contributed by atoms with Gasteiger partial charge in [0.15, 0.2) is 0 Å². The Balaban J connectivity index is 2.55. The van der Waals surface area contributed by atoms with Gasteiger partial charge in [-0.15, -0.1) is 0 Å². The van der Waals surface area contributed by atoms with Crippen LogP contribution in [-0.4, -0.2) is 36.4 Å². The van der Waals surface area contributed by atoms with Crippen molar-refractivity contribution in [1.29, 1.82) is 0 Å². The van der Waals surface area contributed by atoms with Crippen molar-refractivity contribution < 1.29 is 14.2 Å². The van der Waals surface area contributed by atoms with E-state index in [2.05, 4.69) is 9.97 Å². The van der Waals surface area contributed by atoms with Crippen LogP contribution in [0.5, 0.6) is 11.8 Å². The van der Waals surface area contributed by atoms with E-state index in [0.717, 1.165) is 6.42 Å². The predicted molar refractivity (Wildman–Crippen MR) is 64.2 cm³/mol. The fraction of sp³-hybridized carbons (Fsp3) is 0.636. The molecule has 1 aromatic rings. The number of rotatable bonds is 6. The molecule has 0 spiro atoms. The lowest BCUT2D eigenvalue weighted by Crippen LogP contribution is -2.25. The lowest BCUT2D eigenvalue weighted by Gasteiger charge is -2.22. The molecule has 6 heteroatoms. The minimum absolute atomic E-state index is 0.130. The number of hydrogen-bond acceptors (Lipinski definition) is 6. The van der Waals surface area contributed by atoms with Gasteiger partial charge < -0.3 is 19.9 Å². The molecule has 0 aliphatic carbocycles. The molecule has 0 saturated heterocycles. The largest absolute Gasteiger partial charge is 0.481 e. The van der Waals surface area contributed by atoms with Gasteiger partial charge in [-0.3, -0.25) is 0 Å². The fourth-order valence-corrected chi connectivity index (χ4v) is 1.10. The van der Waals surface area contributed by atoms with E-state index < -0.39 is 0 Å². The number of aromatic nitrogens is 2. The monoisotopic (exact) mass is 241 g/mol. The number of hydrogen-bond donors (Lipinski definition) is 1. The second-order valence-corrected chi connectivity index (χ2v) is 4.17. The third kappa shape index (κ3) is 4.44. The third-order valence-corrected chi connectivity index (χ3v) is 2.41. The maximum absolute atomic E-state index is 5.51. The van der Waals surface area contributed by atoms with Gasteiger partial charge in [-0.2, -0.15) is 9.97 Å². The maximum atomic E-state index is 5.51. The molecule has 1 rings (SSSR count). The summed E-state index contributed by atoms with van der Waals surface area (Å²) < 4.78 is 15.7. The first kappa shape index (κ1) is 13.5. The van der Waals surface area contributed by atoms with Crippen molar-refractivity contribution in [2.45, 2.75) is 25.9 Å². The average molecular weight is 241 g/mol. The molecule has 0 radical (unpaired) electrons. The van der Waals surface area contributed by atoms with E-state index in [1.165, 1.54) is 7.11 Å². The maximum Gasteiger partial charge on any atom is 0.226 e. The number of nitrogen functional groups attached to an aromatic ring is 1. The summed E-state index contributed by atoms with van der Waals surface area (Å²) in [6.45, 7) is 4.47. The van der Waals surface area contributed by atoms with Gasteiger partial charge in [-0.25, -0.2) is 0 Å². The van der Waals surface area contributed by atoms with Gasteiger partial charge in [0.1, 0.15) is 0 Å². The Labute approximate surface area is 101 Å². The molecule has 0 saturated carbocycles. The van der Waals surface area contributed by atoms with Gasteiger partial charge in [0.2, 0.25) is 17.7 Å². The molecule has 1 aromatic heterocycles. The Bertz CT molecular complexity index is 369. The van der Waals surface area contributed by atoms with Crippen LogP contribution < -0.4 is 15.2 Å². The lowest BCUT2D eigenvalue weighted by molar-refractivity contribution is 0.00508. The van der Waals surface area contributed by atoms with Crippen LogP contribution in [0.1, 0.15) is 20.3 Å². The lowest BCUT2D eigenvalue weighted by atomic mass is 10.1. The minimum atomic E-state index is -0.220. The predicted octanol–water partition coefficient (Wildman–Crippen LogP) is 1.26. The smallest absolute Gasteiger partial charge is 0.226 e. The number of nitrogens with two attached hydrogens (primary N) is 1. The third-order valence-electron chi connectivity index (χ3n) is 2.41. The summed E-state index contributed by atoms with van der Waals surface area (Å²) in [5.74, 6) is 0.921. The Kier molecular flexibility index (Phi) is 4.51. The quantitative estimate of drug-likeness (QED) is 0.807. The Morgan fingerprint density at radius 3 is 2.47 bits per heavy atom. The zero-order valence-electron chi connectivity index (χ0n) is 10.7. The molecular weight excluding hydrogens is 222 g/mol. The van der Waals surface area contributed by atoms with Crippen LogP contribution in [-0.2, 0) is 4.74 Å². The van der Waals surface area contributed by atoms with E-state index in [1.807, 2.05) is 13.8 Å². The Morgan fingerprint density at radius 1 is 1.24 bits per heavy atom. The van der Waals surface area contributed by atoms with Crippen molar-refractivity contribution >= 4 is 5.95 Å². The van der Waals surface area contributed by atoms with Gasteiger partial charge in [0.05, 0.1) is 25.4 Å². The van der Waals surface area contributed by atoms with Crippen LogP contribution in [0.4, 0.5) is 5.95 Å². The first-order valence-electron chi connectivity index (χ1n) is 5.33. The molecule has 0 unspecified atom stereocenters. The van der Waals surface area contributed by atoms with Crippen LogP contribution in [0.15, 0.2) is 6.07 Å². The molecule has 0 atom stereocenters. The van der Waals surface area contributed by atoms with Crippen molar-refractivity contribution in [3.8, 4) is 11.8 Å². The summed E-state index contributed by atoms with van der Waals surface area (Å²) in [4.78, 5) is 7.82. The summed E-state index contributed by atoms with van der Waals surface area (Å²) in [5.41, 5.74) is 5.29. The molecule has 1 heterocycles. The van der Waals surface area contributed by atoms with Crippen molar-refractivity contribution in [3.05, 3.63) is 6.07 Å². The number of ether oxygens (including phenoxy) is 3. The molecule has 0 aromatic carbocycles. The number of methoxy groups -OCH3 is 2. The van der Waals surface area contributed by atoms with Crippen molar-refractivity contribution in [1.82, 2.24) is 9.97 Å². The zero-order chi connectivity index (χ0) is 12.9. The topological polar surface area (TPSA) is 79.5 Å². The van der Waals surface area contributed by atoms with Crippen LogP contribution in [0, 0.1) is 0 Å². The Hall–Kier alpha value is -1.56. The van der Waals surface area contributed by atoms with Crippen molar-refractivity contribution in [2.24, 2.45) is 0 Å². The summed E-state index contributed by atoms with van der Waals surface area (Å²) in [5, 5.41) is 0. The molecule has 0 amide bonds. The highest BCUT2D eigenvalue weighted by atomic mass is 16.5. The summed E-state index contributed by atoms with van der Waals surface area (Å²) >= 11 is 0. The van der Waals surface area contributed by atoms with Gasteiger partial charge in [0.25, 0.3) is 0 Å². The molecule has 2 N–H and O–H groups in total. The van der Waals surface area contributed by atoms with E-state index >= 15 is 0 Å². The summed E-state index contributed by atoms with van der Waals surface area (Å²) in [6, 6.07) is 1.59. The van der Waals surface area contributed by atoms with Crippen LogP contribution in [0.3, 0.4) is 0 Å². The second kappa shape index (κ2) is 5.67. The van der Waals surface area contributed by atoms with Crippen LogP contribution in [0.2, 0.25) is 0 Å². The minimum Gasteiger partial charge on any atom is -0.481 e. The van der Waals surface area contributed by atoms with E-state index in [4.69, 9.17) is 19.9 Å². The first-order valence-corrected chi connectivity index (χ1v) is 5.33. The summed E-state index contributed by atoms with van der Waals surface area (Å²) in [6.07, 6.45) is 0.746. The Morgan fingerprint density at radius 2 is 1.88 bits per heavy atom. The highest BCUT2D eigenvalue weighted by Crippen LogP contribution is 2.18. The highest BCUT2D eigenvalue weighted by Gasteiger charge is 2.16. The molecule has 6 nitrogen and oxygen atoms in total. The van der Waals surface area contributed by atoms with Crippen LogP contribution in [0.25, 0.3) is 0 Å². The SMILES string of the molecule is COc1cc(OCCC(C)(C)OC)nc(N)n1. The van der Waals surface area contributed by atoms with Crippen LogP contribution >= 0.6 is 0 Å². The molecule has 0 aliphatic heterocycles. The van der Waals surface area contributed by atoms with Gasteiger partial charge in [-0.05, 0) is 13.8 Å². The second-order valence-electron chi connectivity index (χ2n) is 4.17. The molecule has 96 valence electrons. The van der Waals surface area contributed by atoms with Gasteiger partial charge in [0, 0.05) is 13.5 Å². The van der Waals surface area contributed by atoms with Crippen molar-refractivity contribution in [2.75, 3.05) is 26.6 Å². The van der Waals surface area contributed by atoms with Gasteiger partial charge in [-0.1, -0.05) is 0 Å². The highest BCUT2D eigenvalue weighted by molar-refractivity contribution is 5.29. The molecular formula is C11H19N3O3. The molecule has 0 fully saturated rings. The van der Waals surface area contributed by atoms with E-state index in [9.17, 15) is 0 Å². The summed E-state index contributed by atoms with van der Waals surface area (Å²) in [7, 11) is 3.19.